The standard InChI is InChI=1S/C21H37ClO3/c1-2-3-4-5-6-7-8-9-10-11-12-13-14-15-16-17-21(24)25-19-20(23)18-22/h6-7,9-10,20,23H,2-5,8,11-19H2,1H3. The van der Waals surface area contributed by atoms with E-state index in [0.717, 1.165) is 32.1 Å². The van der Waals surface area contributed by atoms with E-state index in [1.165, 1.54) is 38.5 Å². The van der Waals surface area contributed by atoms with Crippen LogP contribution in [0.2, 0.25) is 0 Å². The van der Waals surface area contributed by atoms with Crippen LogP contribution in [-0.2, 0) is 9.53 Å². The average molecular weight is 373 g/mol. The van der Waals surface area contributed by atoms with Crippen LogP contribution in [0.25, 0.3) is 0 Å². The number of unbranched alkanes of at least 4 members (excludes halogenated alkanes) is 8. The third-order valence-corrected chi connectivity index (χ3v) is 4.30. The summed E-state index contributed by atoms with van der Waals surface area (Å²) < 4.78 is 4.93. The van der Waals surface area contributed by atoms with Gasteiger partial charge in [0.25, 0.3) is 0 Å². The molecule has 25 heavy (non-hydrogen) atoms. The van der Waals surface area contributed by atoms with E-state index in [1.807, 2.05) is 0 Å². The van der Waals surface area contributed by atoms with E-state index in [-0.39, 0.29) is 18.5 Å². The van der Waals surface area contributed by atoms with Crippen molar-refractivity contribution in [2.45, 2.75) is 90.1 Å². The van der Waals surface area contributed by atoms with Gasteiger partial charge in [-0.2, -0.15) is 0 Å². The van der Waals surface area contributed by atoms with Crippen molar-refractivity contribution in [3.05, 3.63) is 24.3 Å². The molecule has 0 saturated carbocycles. The fourth-order valence-electron chi connectivity index (χ4n) is 2.39. The van der Waals surface area contributed by atoms with Crippen LogP contribution in [-0.4, -0.2) is 29.7 Å². The van der Waals surface area contributed by atoms with Gasteiger partial charge in [0.1, 0.15) is 12.7 Å². The van der Waals surface area contributed by atoms with Crippen molar-refractivity contribution >= 4 is 17.6 Å². The van der Waals surface area contributed by atoms with Crippen LogP contribution >= 0.6 is 11.6 Å². The van der Waals surface area contributed by atoms with Crippen LogP contribution in [0.4, 0.5) is 0 Å². The van der Waals surface area contributed by atoms with E-state index >= 15 is 0 Å². The topological polar surface area (TPSA) is 46.5 Å². The van der Waals surface area contributed by atoms with Gasteiger partial charge in [-0.05, 0) is 38.5 Å². The zero-order valence-electron chi connectivity index (χ0n) is 15.9. The number of hydrogen-bond acceptors (Lipinski definition) is 3. The molecule has 146 valence electrons. The molecule has 0 radical (unpaired) electrons. The number of aliphatic hydroxyl groups is 1. The van der Waals surface area contributed by atoms with Crippen LogP contribution in [0.5, 0.6) is 0 Å². The van der Waals surface area contributed by atoms with E-state index in [0.29, 0.717) is 6.42 Å². The first-order valence-corrected chi connectivity index (χ1v) is 10.4. The van der Waals surface area contributed by atoms with Crippen molar-refractivity contribution in [2.75, 3.05) is 12.5 Å². The summed E-state index contributed by atoms with van der Waals surface area (Å²) >= 11 is 5.43. The van der Waals surface area contributed by atoms with E-state index in [2.05, 4.69) is 31.2 Å². The molecule has 4 heteroatoms. The molecule has 3 nitrogen and oxygen atoms in total. The number of carbonyl (C=O) groups excluding carboxylic acids is 1. The van der Waals surface area contributed by atoms with Gasteiger partial charge in [-0.1, -0.05) is 63.3 Å². The highest BCUT2D eigenvalue weighted by Gasteiger charge is 2.07. The predicted molar refractivity (Wildman–Crippen MR) is 107 cm³/mol. The number of aliphatic hydroxyl groups excluding tert-OH is 1. The van der Waals surface area contributed by atoms with Gasteiger partial charge in [0.2, 0.25) is 0 Å². The Bertz CT molecular complexity index is 353. The molecular weight excluding hydrogens is 336 g/mol. The smallest absolute Gasteiger partial charge is 0.305 e. The molecule has 0 heterocycles. The Morgan fingerprint density at radius 2 is 1.56 bits per heavy atom. The summed E-state index contributed by atoms with van der Waals surface area (Å²) in [6.07, 6.45) is 21.6. The van der Waals surface area contributed by atoms with E-state index < -0.39 is 6.10 Å². The van der Waals surface area contributed by atoms with Crippen LogP contribution in [0.1, 0.15) is 84.0 Å². The number of alkyl halides is 1. The van der Waals surface area contributed by atoms with Gasteiger partial charge in [0.15, 0.2) is 0 Å². The molecular formula is C21H37ClO3. The number of allylic oxidation sites excluding steroid dienone is 4. The Balaban J connectivity index is 3.30. The second-order valence-corrected chi connectivity index (χ2v) is 6.78. The van der Waals surface area contributed by atoms with Crippen molar-refractivity contribution in [1.29, 1.82) is 0 Å². The van der Waals surface area contributed by atoms with Crippen molar-refractivity contribution in [3.8, 4) is 0 Å². The van der Waals surface area contributed by atoms with E-state index in [9.17, 15) is 9.90 Å². The highest BCUT2D eigenvalue weighted by atomic mass is 35.5. The third-order valence-electron chi connectivity index (χ3n) is 3.95. The molecule has 0 amide bonds. The molecule has 0 aromatic rings. The molecule has 1 N–H and O–H groups in total. The molecule has 0 aromatic carbocycles. The van der Waals surface area contributed by atoms with Crippen molar-refractivity contribution in [1.82, 2.24) is 0 Å². The first-order valence-electron chi connectivity index (χ1n) is 9.90. The fraction of sp³-hybridized carbons (Fsp3) is 0.762. The summed E-state index contributed by atoms with van der Waals surface area (Å²) in [5, 5.41) is 9.19. The largest absolute Gasteiger partial charge is 0.463 e. The summed E-state index contributed by atoms with van der Waals surface area (Å²) in [6.45, 7) is 2.24. The lowest BCUT2D eigenvalue weighted by Gasteiger charge is -2.07. The minimum atomic E-state index is -0.754. The SMILES string of the molecule is CCCCCC=CCC=CCCCCCCCC(=O)OCC(O)CCl. The Kier molecular flexibility index (Phi) is 18.9. The molecule has 0 aliphatic carbocycles. The number of rotatable bonds is 17. The quantitative estimate of drug-likeness (QED) is 0.149. The predicted octanol–water partition coefficient (Wildman–Crippen LogP) is 5.94. The third kappa shape index (κ3) is 19.4. The summed E-state index contributed by atoms with van der Waals surface area (Å²) in [4.78, 5) is 11.4. The molecule has 0 saturated heterocycles. The zero-order valence-corrected chi connectivity index (χ0v) is 16.7. The van der Waals surface area contributed by atoms with E-state index in [1.54, 1.807) is 0 Å². The second-order valence-electron chi connectivity index (χ2n) is 6.47. The van der Waals surface area contributed by atoms with Gasteiger partial charge in [0.05, 0.1) is 5.88 Å². The normalized spacial score (nSPS) is 12.9. The lowest BCUT2D eigenvalue weighted by atomic mass is 10.1. The maximum atomic E-state index is 11.4. The number of carbonyl (C=O) groups is 1. The number of esters is 1. The highest BCUT2D eigenvalue weighted by Crippen LogP contribution is 2.09. The van der Waals surface area contributed by atoms with Gasteiger partial charge in [0, 0.05) is 6.42 Å². The van der Waals surface area contributed by atoms with Gasteiger partial charge in [-0.3, -0.25) is 4.79 Å². The summed E-state index contributed by atoms with van der Waals surface area (Å²) in [7, 11) is 0. The molecule has 1 unspecified atom stereocenters. The maximum Gasteiger partial charge on any atom is 0.305 e. The van der Waals surface area contributed by atoms with Gasteiger partial charge in [-0.25, -0.2) is 0 Å². The molecule has 0 aliphatic heterocycles. The minimum Gasteiger partial charge on any atom is -0.463 e. The lowest BCUT2D eigenvalue weighted by molar-refractivity contribution is -0.146. The molecule has 0 bridgehead atoms. The van der Waals surface area contributed by atoms with E-state index in [4.69, 9.17) is 16.3 Å². The Morgan fingerprint density at radius 3 is 2.20 bits per heavy atom. The second kappa shape index (κ2) is 19.5. The highest BCUT2D eigenvalue weighted by molar-refractivity contribution is 6.18. The fourth-order valence-corrected chi connectivity index (χ4v) is 2.48. The Morgan fingerprint density at radius 1 is 0.960 bits per heavy atom. The van der Waals surface area contributed by atoms with Gasteiger partial charge in [-0.15, -0.1) is 11.6 Å². The summed E-state index contributed by atoms with van der Waals surface area (Å²) in [5.41, 5.74) is 0. The lowest BCUT2D eigenvalue weighted by Crippen LogP contribution is -2.19. The van der Waals surface area contributed by atoms with Crippen molar-refractivity contribution in [3.63, 3.8) is 0 Å². The molecule has 0 aromatic heterocycles. The zero-order chi connectivity index (χ0) is 18.6. The monoisotopic (exact) mass is 372 g/mol. The van der Waals surface area contributed by atoms with Crippen LogP contribution in [0.3, 0.4) is 0 Å². The molecule has 1 atom stereocenters. The maximum absolute atomic E-state index is 11.4. The van der Waals surface area contributed by atoms with Crippen molar-refractivity contribution in [2.24, 2.45) is 0 Å². The van der Waals surface area contributed by atoms with Crippen LogP contribution in [0, 0.1) is 0 Å². The van der Waals surface area contributed by atoms with Crippen LogP contribution < -0.4 is 0 Å². The van der Waals surface area contributed by atoms with Crippen LogP contribution in [0.15, 0.2) is 24.3 Å². The summed E-state index contributed by atoms with van der Waals surface area (Å²) in [6, 6.07) is 0. The minimum absolute atomic E-state index is 0.00258. The average Bonchev–Trinajstić information content (AvgIpc) is 2.62. The summed E-state index contributed by atoms with van der Waals surface area (Å²) in [5.74, 6) is -0.147. The number of hydrogen-bond donors (Lipinski definition) is 1. The van der Waals surface area contributed by atoms with Gasteiger partial charge < -0.3 is 9.84 Å². The number of halogens is 1. The Hall–Kier alpha value is -0.800. The molecule has 0 fully saturated rings. The molecule has 0 rings (SSSR count). The first-order chi connectivity index (χ1) is 12.2. The molecule has 0 spiro atoms. The van der Waals surface area contributed by atoms with Gasteiger partial charge >= 0.3 is 5.97 Å². The Labute approximate surface area is 159 Å². The number of ether oxygens (including phenoxy) is 1. The first kappa shape index (κ1) is 24.2. The molecule has 0 aliphatic rings. The van der Waals surface area contributed by atoms with Crippen molar-refractivity contribution < 1.29 is 14.6 Å².